The zero-order valence-corrected chi connectivity index (χ0v) is 13.4. The van der Waals surface area contributed by atoms with Crippen LogP contribution < -0.4 is 0 Å². The van der Waals surface area contributed by atoms with E-state index in [1.54, 1.807) is 0 Å². The van der Waals surface area contributed by atoms with Crippen LogP contribution in [-0.2, 0) is 6.42 Å². The third-order valence-corrected chi connectivity index (χ3v) is 4.47. The Morgan fingerprint density at radius 1 is 0.720 bits per heavy atom. The van der Waals surface area contributed by atoms with Gasteiger partial charge in [-0.1, -0.05) is 49.4 Å². The predicted octanol–water partition coefficient (Wildman–Crippen LogP) is 6.27. The summed E-state index contributed by atoms with van der Waals surface area (Å²) in [5.74, 6) is -9.51. The lowest BCUT2D eigenvalue weighted by molar-refractivity contribution is 0.368. The molecular formula is C20H15F5. The van der Waals surface area contributed by atoms with Crippen LogP contribution in [0.3, 0.4) is 0 Å². The summed E-state index contributed by atoms with van der Waals surface area (Å²) in [6.45, 7) is 1.86. The lowest BCUT2D eigenvalue weighted by Crippen LogP contribution is -2.08. The van der Waals surface area contributed by atoms with Crippen molar-refractivity contribution in [1.29, 1.82) is 0 Å². The third kappa shape index (κ3) is 3.23. The minimum atomic E-state index is -2.12. The summed E-state index contributed by atoms with van der Waals surface area (Å²) in [7, 11) is 0. The summed E-state index contributed by atoms with van der Waals surface area (Å²) in [6, 6.07) is 13.6. The minimum Gasteiger partial charge on any atom is -0.203 e. The molecule has 0 amide bonds. The SMILES string of the molecule is CC(CCc1c(F)c(F)c(F)c(F)c1F)c1ccc2ccccc2c1. The van der Waals surface area contributed by atoms with Crippen LogP contribution in [0.1, 0.15) is 30.4 Å². The van der Waals surface area contributed by atoms with Gasteiger partial charge in [0, 0.05) is 5.56 Å². The molecule has 0 aliphatic carbocycles. The van der Waals surface area contributed by atoms with Crippen LogP contribution in [0.25, 0.3) is 10.8 Å². The Morgan fingerprint density at radius 2 is 1.28 bits per heavy atom. The smallest absolute Gasteiger partial charge is 0.200 e. The fourth-order valence-electron chi connectivity index (χ4n) is 2.91. The van der Waals surface area contributed by atoms with E-state index >= 15 is 0 Å². The minimum absolute atomic E-state index is 0.0976. The van der Waals surface area contributed by atoms with Gasteiger partial charge in [-0.25, -0.2) is 22.0 Å². The molecule has 3 aromatic carbocycles. The van der Waals surface area contributed by atoms with E-state index in [0.717, 1.165) is 16.3 Å². The van der Waals surface area contributed by atoms with Crippen molar-refractivity contribution in [1.82, 2.24) is 0 Å². The van der Waals surface area contributed by atoms with Crippen molar-refractivity contribution in [3.8, 4) is 0 Å². The van der Waals surface area contributed by atoms with E-state index in [0.29, 0.717) is 0 Å². The van der Waals surface area contributed by atoms with E-state index in [-0.39, 0.29) is 18.8 Å². The van der Waals surface area contributed by atoms with E-state index < -0.39 is 34.6 Å². The van der Waals surface area contributed by atoms with Crippen molar-refractivity contribution in [2.75, 3.05) is 0 Å². The Hall–Kier alpha value is -2.43. The van der Waals surface area contributed by atoms with Crippen molar-refractivity contribution in [3.05, 3.63) is 82.7 Å². The quantitative estimate of drug-likeness (QED) is 0.295. The van der Waals surface area contributed by atoms with E-state index in [2.05, 4.69) is 0 Å². The fraction of sp³-hybridized carbons (Fsp3) is 0.200. The van der Waals surface area contributed by atoms with Gasteiger partial charge in [-0.3, -0.25) is 0 Å². The van der Waals surface area contributed by atoms with Crippen molar-refractivity contribution >= 4 is 10.8 Å². The largest absolute Gasteiger partial charge is 0.203 e. The summed E-state index contributed by atoms with van der Waals surface area (Å²) in [4.78, 5) is 0. The molecule has 1 atom stereocenters. The zero-order valence-electron chi connectivity index (χ0n) is 13.4. The van der Waals surface area contributed by atoms with E-state index in [1.165, 1.54) is 0 Å². The molecule has 25 heavy (non-hydrogen) atoms. The van der Waals surface area contributed by atoms with E-state index in [9.17, 15) is 22.0 Å². The molecule has 0 aliphatic rings. The lowest BCUT2D eigenvalue weighted by Gasteiger charge is -2.14. The molecule has 0 radical (unpaired) electrons. The van der Waals surface area contributed by atoms with Crippen molar-refractivity contribution in [3.63, 3.8) is 0 Å². The molecule has 0 bridgehead atoms. The van der Waals surface area contributed by atoms with Crippen LogP contribution in [-0.4, -0.2) is 0 Å². The van der Waals surface area contributed by atoms with Gasteiger partial charge in [0.15, 0.2) is 23.3 Å². The normalized spacial score (nSPS) is 12.6. The highest BCUT2D eigenvalue weighted by Crippen LogP contribution is 2.28. The number of rotatable bonds is 4. The van der Waals surface area contributed by atoms with Gasteiger partial charge in [-0.15, -0.1) is 0 Å². The molecular weight excluding hydrogens is 335 g/mol. The average molecular weight is 350 g/mol. The molecule has 0 saturated heterocycles. The van der Waals surface area contributed by atoms with Gasteiger partial charge >= 0.3 is 0 Å². The number of benzene rings is 3. The second-order valence-corrected chi connectivity index (χ2v) is 6.09. The second kappa shape index (κ2) is 6.82. The Bertz CT molecular complexity index is 904. The van der Waals surface area contributed by atoms with Gasteiger partial charge in [0.05, 0.1) is 0 Å². The Kier molecular flexibility index (Phi) is 4.75. The monoisotopic (exact) mass is 350 g/mol. The zero-order chi connectivity index (χ0) is 18.1. The Balaban J connectivity index is 1.83. The van der Waals surface area contributed by atoms with E-state index in [1.807, 2.05) is 49.4 Å². The molecule has 0 aromatic heterocycles. The van der Waals surface area contributed by atoms with Crippen LogP contribution in [0.4, 0.5) is 22.0 Å². The summed E-state index contributed by atoms with van der Waals surface area (Å²) in [5.41, 5.74) is 0.187. The first kappa shape index (κ1) is 17.4. The van der Waals surface area contributed by atoms with Crippen LogP contribution in [0.2, 0.25) is 0 Å². The van der Waals surface area contributed by atoms with Crippen LogP contribution >= 0.6 is 0 Å². The van der Waals surface area contributed by atoms with Crippen molar-refractivity contribution < 1.29 is 22.0 Å². The molecule has 0 N–H and O–H groups in total. The molecule has 5 heteroatoms. The maximum atomic E-state index is 13.7. The molecule has 3 rings (SSSR count). The topological polar surface area (TPSA) is 0 Å². The lowest BCUT2D eigenvalue weighted by atomic mass is 9.92. The van der Waals surface area contributed by atoms with Gasteiger partial charge in [-0.05, 0) is 35.1 Å². The van der Waals surface area contributed by atoms with E-state index in [4.69, 9.17) is 0 Å². The molecule has 3 aromatic rings. The first-order valence-corrected chi connectivity index (χ1v) is 7.89. The molecule has 0 nitrogen and oxygen atoms in total. The van der Waals surface area contributed by atoms with Gasteiger partial charge in [0.1, 0.15) is 0 Å². The number of hydrogen-bond acceptors (Lipinski definition) is 0. The van der Waals surface area contributed by atoms with Crippen molar-refractivity contribution in [2.24, 2.45) is 0 Å². The molecule has 1 unspecified atom stereocenters. The maximum absolute atomic E-state index is 13.7. The highest BCUT2D eigenvalue weighted by atomic mass is 19.2. The Morgan fingerprint density at radius 3 is 1.92 bits per heavy atom. The average Bonchev–Trinajstić information content (AvgIpc) is 2.64. The molecule has 0 spiro atoms. The molecule has 0 heterocycles. The van der Waals surface area contributed by atoms with Gasteiger partial charge in [0.2, 0.25) is 5.82 Å². The molecule has 130 valence electrons. The number of hydrogen-bond donors (Lipinski definition) is 0. The highest BCUT2D eigenvalue weighted by molar-refractivity contribution is 5.83. The second-order valence-electron chi connectivity index (χ2n) is 6.09. The molecule has 0 aliphatic heterocycles. The summed E-state index contributed by atoms with van der Waals surface area (Å²) >= 11 is 0. The maximum Gasteiger partial charge on any atom is 0.200 e. The predicted molar refractivity (Wildman–Crippen MR) is 86.9 cm³/mol. The number of halogens is 5. The van der Waals surface area contributed by atoms with Gasteiger partial charge in [0.25, 0.3) is 0 Å². The summed E-state index contributed by atoms with van der Waals surface area (Å²) < 4.78 is 67.1. The fourth-order valence-corrected chi connectivity index (χ4v) is 2.91. The highest BCUT2D eigenvalue weighted by Gasteiger charge is 2.25. The first-order chi connectivity index (χ1) is 11.9. The first-order valence-electron chi connectivity index (χ1n) is 7.89. The Labute approximate surface area is 141 Å². The van der Waals surface area contributed by atoms with Crippen LogP contribution in [0.5, 0.6) is 0 Å². The van der Waals surface area contributed by atoms with Gasteiger partial charge < -0.3 is 0 Å². The summed E-state index contributed by atoms with van der Waals surface area (Å²) in [5, 5.41) is 2.10. The summed E-state index contributed by atoms with van der Waals surface area (Å²) in [6.07, 6.45) is 0.0243. The molecule has 0 fully saturated rings. The van der Waals surface area contributed by atoms with Gasteiger partial charge in [-0.2, -0.15) is 0 Å². The molecule has 0 saturated carbocycles. The number of fused-ring (bicyclic) bond motifs is 1. The standard InChI is InChI=1S/C20H15F5/c1-11(13-8-7-12-4-2-3-5-14(12)10-13)6-9-15-16(21)18(23)20(25)19(24)17(15)22/h2-5,7-8,10-11H,6,9H2,1H3. The van der Waals surface area contributed by atoms with Crippen LogP contribution in [0, 0.1) is 29.1 Å². The third-order valence-electron chi connectivity index (χ3n) is 4.47. The van der Waals surface area contributed by atoms with Crippen LogP contribution in [0.15, 0.2) is 42.5 Å². The van der Waals surface area contributed by atoms with Crippen molar-refractivity contribution in [2.45, 2.75) is 25.7 Å².